The van der Waals surface area contributed by atoms with Crippen molar-refractivity contribution < 1.29 is 0 Å². The quantitative estimate of drug-likeness (QED) is 0.728. The van der Waals surface area contributed by atoms with Gasteiger partial charge in [-0.05, 0) is 25.5 Å². The van der Waals surface area contributed by atoms with Crippen molar-refractivity contribution in [2.45, 2.75) is 32.9 Å². The molecule has 1 aliphatic rings. The molecule has 0 aliphatic carbocycles. The highest BCUT2D eigenvalue weighted by Gasteiger charge is 2.23. The molecule has 90 valence electrons. The van der Waals surface area contributed by atoms with Crippen LogP contribution in [-0.2, 0) is 20.0 Å². The Morgan fingerprint density at radius 2 is 1.94 bits per heavy atom. The molecule has 0 unspecified atom stereocenters. The van der Waals surface area contributed by atoms with Crippen LogP contribution in [0, 0.1) is 0 Å². The van der Waals surface area contributed by atoms with E-state index in [9.17, 15) is 0 Å². The van der Waals surface area contributed by atoms with Crippen LogP contribution < -0.4 is 0 Å². The van der Waals surface area contributed by atoms with Crippen molar-refractivity contribution in [1.29, 1.82) is 0 Å². The van der Waals surface area contributed by atoms with Gasteiger partial charge in [-0.2, -0.15) is 0 Å². The zero-order valence-electron chi connectivity index (χ0n) is 10.9. The summed E-state index contributed by atoms with van der Waals surface area (Å²) in [6.07, 6.45) is 1.18. The summed E-state index contributed by atoms with van der Waals surface area (Å²) in [7, 11) is 2.20. The van der Waals surface area contributed by atoms with Crippen molar-refractivity contribution in [3.63, 3.8) is 0 Å². The standard InChI is InChI=1S/C15H20N2/c1-11(2)17-9-8-15-13(10-17)12-6-4-5-7-14(12)16(15)3/h4-7,11H,8-10H2,1-3H3. The molecule has 2 heteroatoms. The molecule has 0 bridgehead atoms. The van der Waals surface area contributed by atoms with Gasteiger partial charge in [-0.15, -0.1) is 0 Å². The fourth-order valence-electron chi connectivity index (χ4n) is 2.99. The molecule has 2 heterocycles. The summed E-state index contributed by atoms with van der Waals surface area (Å²) in [5.74, 6) is 0. The molecule has 1 aliphatic heterocycles. The summed E-state index contributed by atoms with van der Waals surface area (Å²) in [6.45, 7) is 6.87. The fraction of sp³-hybridized carbons (Fsp3) is 0.467. The molecule has 3 rings (SSSR count). The van der Waals surface area contributed by atoms with Crippen LogP contribution in [0.1, 0.15) is 25.1 Å². The minimum absolute atomic E-state index is 0.641. The summed E-state index contributed by atoms with van der Waals surface area (Å²) in [5.41, 5.74) is 4.45. The first-order valence-corrected chi connectivity index (χ1v) is 6.47. The van der Waals surface area contributed by atoms with Gasteiger partial charge in [0.05, 0.1) is 0 Å². The lowest BCUT2D eigenvalue weighted by Gasteiger charge is -2.31. The minimum Gasteiger partial charge on any atom is -0.347 e. The Morgan fingerprint density at radius 3 is 2.71 bits per heavy atom. The number of aryl methyl sites for hydroxylation is 1. The van der Waals surface area contributed by atoms with E-state index >= 15 is 0 Å². The van der Waals surface area contributed by atoms with Crippen LogP contribution >= 0.6 is 0 Å². The lowest BCUT2D eigenvalue weighted by Crippen LogP contribution is -2.36. The predicted molar refractivity (Wildman–Crippen MR) is 72.2 cm³/mol. The molecule has 17 heavy (non-hydrogen) atoms. The van der Waals surface area contributed by atoms with Gasteiger partial charge in [0, 0.05) is 49.2 Å². The molecule has 2 nitrogen and oxygen atoms in total. The van der Waals surface area contributed by atoms with Crippen LogP contribution in [0.3, 0.4) is 0 Å². The van der Waals surface area contributed by atoms with Crippen molar-refractivity contribution in [2.24, 2.45) is 7.05 Å². The van der Waals surface area contributed by atoms with E-state index in [0.717, 1.165) is 6.54 Å². The summed E-state index contributed by atoms with van der Waals surface area (Å²) < 4.78 is 2.38. The van der Waals surface area contributed by atoms with E-state index in [-0.39, 0.29) is 0 Å². The topological polar surface area (TPSA) is 8.17 Å². The van der Waals surface area contributed by atoms with Crippen LogP contribution in [0.2, 0.25) is 0 Å². The molecule has 0 amide bonds. The molecular weight excluding hydrogens is 208 g/mol. The van der Waals surface area contributed by atoms with Gasteiger partial charge < -0.3 is 4.57 Å². The Labute approximate surface area is 103 Å². The third-order valence-corrected chi connectivity index (χ3v) is 4.07. The summed E-state index contributed by atoms with van der Waals surface area (Å²) in [5, 5.41) is 1.44. The van der Waals surface area contributed by atoms with Gasteiger partial charge in [-0.1, -0.05) is 18.2 Å². The van der Waals surface area contributed by atoms with Crippen LogP contribution in [0.5, 0.6) is 0 Å². The van der Waals surface area contributed by atoms with Gasteiger partial charge in [0.25, 0.3) is 0 Å². The zero-order chi connectivity index (χ0) is 12.0. The highest BCUT2D eigenvalue weighted by atomic mass is 15.2. The van der Waals surface area contributed by atoms with Crippen molar-refractivity contribution in [3.8, 4) is 0 Å². The third kappa shape index (κ3) is 1.59. The van der Waals surface area contributed by atoms with E-state index in [2.05, 4.69) is 54.6 Å². The largest absolute Gasteiger partial charge is 0.347 e. The van der Waals surface area contributed by atoms with Gasteiger partial charge in [0.15, 0.2) is 0 Å². The first-order valence-electron chi connectivity index (χ1n) is 6.47. The highest BCUT2D eigenvalue weighted by Crippen LogP contribution is 2.30. The molecule has 1 aromatic carbocycles. The number of hydrogen-bond acceptors (Lipinski definition) is 1. The predicted octanol–water partition coefficient (Wildman–Crippen LogP) is 2.94. The van der Waals surface area contributed by atoms with E-state index in [0.29, 0.717) is 6.04 Å². The van der Waals surface area contributed by atoms with Gasteiger partial charge in [0.1, 0.15) is 0 Å². The second-order valence-electron chi connectivity index (χ2n) is 5.32. The van der Waals surface area contributed by atoms with E-state index < -0.39 is 0 Å². The number of para-hydroxylation sites is 1. The lowest BCUT2D eigenvalue weighted by atomic mass is 10.0. The first kappa shape index (κ1) is 10.8. The van der Waals surface area contributed by atoms with Gasteiger partial charge in [0.2, 0.25) is 0 Å². The van der Waals surface area contributed by atoms with Gasteiger partial charge >= 0.3 is 0 Å². The Kier molecular flexibility index (Phi) is 2.48. The Bertz CT molecular complexity index is 551. The maximum atomic E-state index is 2.56. The highest BCUT2D eigenvalue weighted by molar-refractivity contribution is 5.85. The van der Waals surface area contributed by atoms with Gasteiger partial charge in [-0.25, -0.2) is 0 Å². The molecule has 0 spiro atoms. The molecule has 0 fully saturated rings. The zero-order valence-corrected chi connectivity index (χ0v) is 10.9. The second kappa shape index (κ2) is 3.88. The van der Waals surface area contributed by atoms with Gasteiger partial charge in [-0.3, -0.25) is 4.90 Å². The lowest BCUT2D eigenvalue weighted by molar-refractivity contribution is 0.202. The number of benzene rings is 1. The summed E-state index contributed by atoms with van der Waals surface area (Å²) in [4.78, 5) is 2.56. The van der Waals surface area contributed by atoms with E-state index in [1.54, 1.807) is 5.56 Å². The molecule has 1 aromatic heterocycles. The van der Waals surface area contributed by atoms with Crippen molar-refractivity contribution in [2.75, 3.05) is 6.54 Å². The minimum atomic E-state index is 0.641. The number of aromatic nitrogens is 1. The third-order valence-electron chi connectivity index (χ3n) is 4.07. The average molecular weight is 228 g/mol. The van der Waals surface area contributed by atoms with Crippen LogP contribution in [-0.4, -0.2) is 22.1 Å². The van der Waals surface area contributed by atoms with Crippen molar-refractivity contribution in [3.05, 3.63) is 35.5 Å². The van der Waals surface area contributed by atoms with E-state index in [1.165, 1.54) is 29.6 Å². The van der Waals surface area contributed by atoms with Crippen molar-refractivity contribution in [1.82, 2.24) is 9.47 Å². The van der Waals surface area contributed by atoms with Crippen LogP contribution in [0.25, 0.3) is 10.9 Å². The number of rotatable bonds is 1. The van der Waals surface area contributed by atoms with Crippen molar-refractivity contribution >= 4 is 10.9 Å². The SMILES string of the molecule is CC(C)N1CCc2c(c3ccccc3n2C)C1. The van der Waals surface area contributed by atoms with E-state index in [1.807, 2.05) is 0 Å². The maximum absolute atomic E-state index is 2.56. The Hall–Kier alpha value is -1.28. The van der Waals surface area contributed by atoms with Crippen LogP contribution in [0.15, 0.2) is 24.3 Å². The summed E-state index contributed by atoms with van der Waals surface area (Å²) >= 11 is 0. The number of hydrogen-bond donors (Lipinski definition) is 0. The fourth-order valence-corrected chi connectivity index (χ4v) is 2.99. The molecule has 0 radical (unpaired) electrons. The Balaban J connectivity index is 2.15. The average Bonchev–Trinajstić information content (AvgIpc) is 2.64. The molecule has 0 saturated heterocycles. The number of nitrogens with zero attached hydrogens (tertiary/aromatic N) is 2. The molecule has 2 aromatic rings. The maximum Gasteiger partial charge on any atom is 0.0483 e. The van der Waals surface area contributed by atoms with E-state index in [4.69, 9.17) is 0 Å². The second-order valence-corrected chi connectivity index (χ2v) is 5.32. The Morgan fingerprint density at radius 1 is 1.18 bits per heavy atom. The first-order chi connectivity index (χ1) is 8.18. The number of fused-ring (bicyclic) bond motifs is 3. The molecule has 0 atom stereocenters. The summed E-state index contributed by atoms with van der Waals surface area (Å²) in [6, 6.07) is 9.41. The molecule has 0 N–H and O–H groups in total. The smallest absolute Gasteiger partial charge is 0.0483 e. The molecule has 0 saturated carbocycles. The molecular formula is C15H20N2. The normalized spacial score (nSPS) is 16.7. The van der Waals surface area contributed by atoms with Crippen LogP contribution in [0.4, 0.5) is 0 Å². The monoisotopic (exact) mass is 228 g/mol.